The summed E-state index contributed by atoms with van der Waals surface area (Å²) in [6, 6.07) is 17.6. The third kappa shape index (κ3) is 5.22. The van der Waals surface area contributed by atoms with Crippen molar-refractivity contribution in [3.8, 4) is 5.75 Å². The van der Waals surface area contributed by atoms with E-state index >= 15 is 0 Å². The summed E-state index contributed by atoms with van der Waals surface area (Å²) in [5, 5.41) is 12.6. The molecule has 1 aliphatic heterocycles. The molecule has 132 valence electrons. The number of amides is 2. The lowest BCUT2D eigenvalue weighted by Crippen LogP contribution is -2.46. The number of ether oxygens (including phenoxy) is 1. The molecule has 1 aliphatic rings. The lowest BCUT2D eigenvalue weighted by Gasteiger charge is -2.30. The molecular weight excluding hydrogens is 316 g/mol. The van der Waals surface area contributed by atoms with E-state index < -0.39 is 6.10 Å². The quantitative estimate of drug-likeness (QED) is 0.880. The predicted molar refractivity (Wildman–Crippen MR) is 96.3 cm³/mol. The number of carbonyl (C=O) groups excluding carboxylic acids is 1. The third-order valence-electron chi connectivity index (χ3n) is 4.27. The Hall–Kier alpha value is -2.53. The van der Waals surface area contributed by atoms with Crippen LogP contribution in [0.5, 0.6) is 5.75 Å². The topological polar surface area (TPSA) is 61.8 Å². The van der Waals surface area contributed by atoms with E-state index in [9.17, 15) is 9.90 Å². The molecule has 3 rings (SSSR count). The van der Waals surface area contributed by atoms with E-state index in [0.29, 0.717) is 26.2 Å². The van der Waals surface area contributed by atoms with Gasteiger partial charge < -0.3 is 20.1 Å². The number of hydrogen-bond donors (Lipinski definition) is 2. The van der Waals surface area contributed by atoms with Gasteiger partial charge in [-0.15, -0.1) is 0 Å². The largest absolute Gasteiger partial charge is 0.489 e. The first-order chi connectivity index (χ1) is 12.2. The van der Waals surface area contributed by atoms with Crippen LogP contribution in [0.3, 0.4) is 0 Å². The van der Waals surface area contributed by atoms with Crippen LogP contribution in [0.25, 0.3) is 0 Å². The number of β-amino-alcohol motifs (C(OH)–C–C–N with tert-alkyl or cyclic N) is 1. The van der Waals surface area contributed by atoms with Crippen LogP contribution in [-0.4, -0.2) is 35.2 Å². The lowest BCUT2D eigenvalue weighted by molar-refractivity contribution is 0.0842. The van der Waals surface area contributed by atoms with Crippen LogP contribution in [0.15, 0.2) is 54.6 Å². The Morgan fingerprint density at radius 3 is 2.76 bits per heavy atom. The second kappa shape index (κ2) is 8.53. The third-order valence-corrected chi connectivity index (χ3v) is 4.27. The summed E-state index contributed by atoms with van der Waals surface area (Å²) in [5.74, 6) is 0.838. The van der Waals surface area contributed by atoms with Crippen molar-refractivity contribution in [2.75, 3.05) is 13.1 Å². The van der Waals surface area contributed by atoms with E-state index in [1.54, 1.807) is 4.90 Å². The Kier molecular flexibility index (Phi) is 5.90. The van der Waals surface area contributed by atoms with E-state index in [4.69, 9.17) is 4.74 Å². The lowest BCUT2D eigenvalue weighted by atomic mass is 10.1. The maximum atomic E-state index is 12.2. The Balaban J connectivity index is 1.50. The fraction of sp³-hybridized carbons (Fsp3) is 0.350. The summed E-state index contributed by atoms with van der Waals surface area (Å²) < 4.78 is 5.76. The van der Waals surface area contributed by atoms with E-state index in [-0.39, 0.29) is 6.03 Å². The van der Waals surface area contributed by atoms with Crippen molar-refractivity contribution in [2.24, 2.45) is 0 Å². The maximum Gasteiger partial charge on any atom is 0.317 e. The minimum Gasteiger partial charge on any atom is -0.489 e. The van der Waals surface area contributed by atoms with Crippen molar-refractivity contribution in [3.63, 3.8) is 0 Å². The first kappa shape index (κ1) is 17.3. The summed E-state index contributed by atoms with van der Waals surface area (Å²) >= 11 is 0. The average Bonchev–Trinajstić information content (AvgIpc) is 2.66. The number of rotatable bonds is 5. The summed E-state index contributed by atoms with van der Waals surface area (Å²) in [6.45, 7) is 2.07. The highest BCUT2D eigenvalue weighted by molar-refractivity contribution is 5.74. The average molecular weight is 340 g/mol. The van der Waals surface area contributed by atoms with E-state index in [0.717, 1.165) is 29.7 Å². The molecule has 2 N–H and O–H groups in total. The van der Waals surface area contributed by atoms with Crippen LogP contribution < -0.4 is 10.1 Å². The second-order valence-corrected chi connectivity index (χ2v) is 6.32. The second-order valence-electron chi connectivity index (χ2n) is 6.32. The molecule has 1 unspecified atom stereocenters. The monoisotopic (exact) mass is 340 g/mol. The van der Waals surface area contributed by atoms with Crippen molar-refractivity contribution in [2.45, 2.75) is 32.1 Å². The molecule has 2 aromatic carbocycles. The Morgan fingerprint density at radius 1 is 1.16 bits per heavy atom. The first-order valence-electron chi connectivity index (χ1n) is 8.67. The zero-order chi connectivity index (χ0) is 17.5. The van der Waals surface area contributed by atoms with Gasteiger partial charge in [0.25, 0.3) is 0 Å². The molecule has 1 atom stereocenters. The molecule has 25 heavy (non-hydrogen) atoms. The van der Waals surface area contributed by atoms with Gasteiger partial charge >= 0.3 is 6.03 Å². The van der Waals surface area contributed by atoms with Gasteiger partial charge in [-0.1, -0.05) is 42.5 Å². The number of piperidine rings is 1. The standard InChI is InChI=1S/C20H24N2O3/c23-18-8-5-11-22(14-18)20(24)21-13-16-6-4-7-17(12-16)15-25-19-9-2-1-3-10-19/h1-4,6-7,9-10,12,18,23H,5,8,11,13-15H2,(H,21,24). The molecule has 0 radical (unpaired) electrons. The number of aliphatic hydroxyl groups is 1. The fourth-order valence-electron chi connectivity index (χ4n) is 2.94. The molecular formula is C20H24N2O3. The van der Waals surface area contributed by atoms with E-state index in [1.807, 2.05) is 54.6 Å². The number of benzene rings is 2. The van der Waals surface area contributed by atoms with E-state index in [1.165, 1.54) is 0 Å². The number of carbonyl (C=O) groups is 1. The zero-order valence-electron chi connectivity index (χ0n) is 14.2. The van der Waals surface area contributed by atoms with Gasteiger partial charge in [-0.25, -0.2) is 4.79 Å². The normalized spacial score (nSPS) is 17.2. The van der Waals surface area contributed by atoms with E-state index in [2.05, 4.69) is 5.32 Å². The molecule has 0 spiro atoms. The molecule has 5 nitrogen and oxygen atoms in total. The predicted octanol–water partition coefficient (Wildman–Crippen LogP) is 2.93. The number of urea groups is 1. The fourth-order valence-corrected chi connectivity index (χ4v) is 2.94. The van der Waals surface area contributed by atoms with Crippen molar-refractivity contribution in [1.82, 2.24) is 10.2 Å². The number of hydrogen-bond acceptors (Lipinski definition) is 3. The number of aliphatic hydroxyl groups excluding tert-OH is 1. The Morgan fingerprint density at radius 2 is 1.96 bits per heavy atom. The van der Waals surface area contributed by atoms with Crippen LogP contribution in [0.1, 0.15) is 24.0 Å². The van der Waals surface area contributed by atoms with Gasteiger partial charge in [0.05, 0.1) is 6.10 Å². The molecule has 0 aliphatic carbocycles. The number of nitrogens with zero attached hydrogens (tertiary/aromatic N) is 1. The molecule has 0 bridgehead atoms. The first-order valence-corrected chi connectivity index (χ1v) is 8.67. The van der Waals surface area contributed by atoms with Crippen LogP contribution in [0.4, 0.5) is 4.79 Å². The Bertz CT molecular complexity index is 690. The molecule has 0 aromatic heterocycles. The highest BCUT2D eigenvalue weighted by Crippen LogP contribution is 2.13. The van der Waals surface area contributed by atoms with Crippen molar-refractivity contribution in [3.05, 3.63) is 65.7 Å². The molecule has 1 saturated heterocycles. The van der Waals surface area contributed by atoms with Crippen LogP contribution in [0, 0.1) is 0 Å². The summed E-state index contributed by atoms with van der Waals surface area (Å²) in [4.78, 5) is 13.9. The highest BCUT2D eigenvalue weighted by Gasteiger charge is 2.21. The minimum atomic E-state index is -0.405. The molecule has 2 amide bonds. The molecule has 0 saturated carbocycles. The number of para-hydroxylation sites is 1. The highest BCUT2D eigenvalue weighted by atomic mass is 16.5. The van der Waals surface area contributed by atoms with Gasteiger partial charge in [-0.2, -0.15) is 0 Å². The molecule has 1 heterocycles. The zero-order valence-corrected chi connectivity index (χ0v) is 14.2. The van der Waals surface area contributed by atoms with Crippen molar-refractivity contribution < 1.29 is 14.6 Å². The van der Waals surface area contributed by atoms with Gasteiger partial charge in [0, 0.05) is 19.6 Å². The van der Waals surface area contributed by atoms with Gasteiger partial charge in [-0.3, -0.25) is 0 Å². The maximum absolute atomic E-state index is 12.2. The van der Waals surface area contributed by atoms with Gasteiger partial charge in [0.15, 0.2) is 0 Å². The van der Waals surface area contributed by atoms with Crippen LogP contribution in [0.2, 0.25) is 0 Å². The molecule has 1 fully saturated rings. The number of likely N-dealkylation sites (tertiary alicyclic amines) is 1. The molecule has 2 aromatic rings. The summed E-state index contributed by atoms with van der Waals surface area (Å²) in [7, 11) is 0. The van der Waals surface area contributed by atoms with Crippen molar-refractivity contribution >= 4 is 6.03 Å². The van der Waals surface area contributed by atoms with Crippen LogP contribution in [-0.2, 0) is 13.2 Å². The smallest absolute Gasteiger partial charge is 0.317 e. The van der Waals surface area contributed by atoms with Gasteiger partial charge in [-0.05, 0) is 36.1 Å². The van der Waals surface area contributed by atoms with Gasteiger partial charge in [0.2, 0.25) is 0 Å². The van der Waals surface area contributed by atoms with Crippen molar-refractivity contribution in [1.29, 1.82) is 0 Å². The molecule has 5 heteroatoms. The minimum absolute atomic E-state index is 0.121. The Labute approximate surface area is 148 Å². The SMILES string of the molecule is O=C(NCc1cccc(COc2ccccc2)c1)N1CCCC(O)C1. The van der Waals surface area contributed by atoms with Gasteiger partial charge in [0.1, 0.15) is 12.4 Å². The van der Waals surface area contributed by atoms with Crippen LogP contribution >= 0.6 is 0 Å². The number of nitrogens with one attached hydrogen (secondary N) is 1. The summed E-state index contributed by atoms with van der Waals surface area (Å²) in [5.41, 5.74) is 2.09. The summed E-state index contributed by atoms with van der Waals surface area (Å²) in [6.07, 6.45) is 1.21.